The van der Waals surface area contributed by atoms with Gasteiger partial charge in [0.15, 0.2) is 0 Å². The molecule has 2 amide bonds. The summed E-state index contributed by atoms with van der Waals surface area (Å²) in [5.74, 6) is -0.349. The Labute approximate surface area is 132 Å². The van der Waals surface area contributed by atoms with Crippen LogP contribution in [0.25, 0.3) is 0 Å². The Bertz CT molecular complexity index is 482. The lowest BCUT2D eigenvalue weighted by Crippen LogP contribution is -2.42. The van der Waals surface area contributed by atoms with E-state index in [1.54, 1.807) is 4.90 Å². The number of para-hydroxylation sites is 1. The Morgan fingerprint density at radius 2 is 1.68 bits per heavy atom. The van der Waals surface area contributed by atoms with Gasteiger partial charge in [-0.05, 0) is 38.1 Å². The van der Waals surface area contributed by atoms with E-state index in [0.717, 1.165) is 31.6 Å². The number of likely N-dealkylation sites (tertiary alicyclic amines) is 1. The van der Waals surface area contributed by atoms with Crippen LogP contribution in [0.2, 0.25) is 0 Å². The summed E-state index contributed by atoms with van der Waals surface area (Å²) in [7, 11) is 0. The van der Waals surface area contributed by atoms with Crippen molar-refractivity contribution < 1.29 is 9.59 Å². The van der Waals surface area contributed by atoms with Crippen LogP contribution in [0.5, 0.6) is 0 Å². The van der Waals surface area contributed by atoms with Gasteiger partial charge < -0.3 is 10.6 Å². The summed E-state index contributed by atoms with van der Waals surface area (Å²) in [5.41, 5.74) is 6.06. The van der Waals surface area contributed by atoms with Crippen LogP contribution in [0, 0.1) is 0 Å². The molecule has 0 atom stereocenters. The molecule has 1 saturated heterocycles. The number of nitrogens with zero attached hydrogens (tertiary/aromatic N) is 2. The van der Waals surface area contributed by atoms with Crippen LogP contribution < -0.4 is 10.6 Å². The molecular formula is C17H25N3O2. The van der Waals surface area contributed by atoms with Crippen molar-refractivity contribution in [3.63, 3.8) is 0 Å². The Hall–Kier alpha value is -1.88. The van der Waals surface area contributed by atoms with E-state index in [0.29, 0.717) is 13.1 Å². The van der Waals surface area contributed by atoms with Crippen molar-refractivity contribution in [2.24, 2.45) is 5.73 Å². The van der Waals surface area contributed by atoms with Gasteiger partial charge in [-0.25, -0.2) is 0 Å². The summed E-state index contributed by atoms with van der Waals surface area (Å²) in [6.45, 7) is 2.70. The third-order valence-corrected chi connectivity index (χ3v) is 4.01. The molecule has 0 radical (unpaired) electrons. The van der Waals surface area contributed by atoms with Crippen molar-refractivity contribution in [2.75, 3.05) is 31.1 Å². The second kappa shape index (κ2) is 8.54. The molecule has 1 heterocycles. The Kier molecular flexibility index (Phi) is 6.40. The minimum atomic E-state index is -0.386. The first kappa shape index (κ1) is 16.5. The fraction of sp³-hybridized carbons (Fsp3) is 0.529. The molecule has 0 spiro atoms. The number of benzene rings is 1. The molecule has 1 aromatic rings. The largest absolute Gasteiger partial charge is 0.370 e. The molecular weight excluding hydrogens is 278 g/mol. The number of rotatable bonds is 6. The summed E-state index contributed by atoms with van der Waals surface area (Å²) >= 11 is 0. The third kappa shape index (κ3) is 5.15. The fourth-order valence-corrected chi connectivity index (χ4v) is 2.80. The molecule has 0 unspecified atom stereocenters. The lowest BCUT2D eigenvalue weighted by atomic mass is 10.2. The van der Waals surface area contributed by atoms with Crippen molar-refractivity contribution in [3.8, 4) is 0 Å². The van der Waals surface area contributed by atoms with E-state index in [2.05, 4.69) is 4.90 Å². The fourth-order valence-electron chi connectivity index (χ4n) is 2.80. The van der Waals surface area contributed by atoms with Gasteiger partial charge >= 0.3 is 0 Å². The van der Waals surface area contributed by atoms with E-state index in [4.69, 9.17) is 5.73 Å². The molecule has 2 N–H and O–H groups in total. The van der Waals surface area contributed by atoms with Gasteiger partial charge in [0.2, 0.25) is 11.8 Å². The zero-order valence-electron chi connectivity index (χ0n) is 13.0. The highest BCUT2D eigenvalue weighted by atomic mass is 16.2. The highest BCUT2D eigenvalue weighted by Crippen LogP contribution is 2.16. The highest BCUT2D eigenvalue weighted by Gasteiger charge is 2.20. The monoisotopic (exact) mass is 303 g/mol. The number of nitrogens with two attached hydrogens (primary N) is 1. The molecule has 5 heteroatoms. The number of hydrogen-bond acceptors (Lipinski definition) is 3. The average Bonchev–Trinajstić information content (AvgIpc) is 2.77. The maximum Gasteiger partial charge on any atom is 0.241 e. The van der Waals surface area contributed by atoms with Gasteiger partial charge in [0.1, 0.15) is 0 Å². The minimum Gasteiger partial charge on any atom is -0.370 e. The van der Waals surface area contributed by atoms with Crippen LogP contribution in [0.1, 0.15) is 32.1 Å². The van der Waals surface area contributed by atoms with Gasteiger partial charge in [-0.15, -0.1) is 0 Å². The van der Waals surface area contributed by atoms with Gasteiger partial charge in [-0.3, -0.25) is 14.5 Å². The van der Waals surface area contributed by atoms with Crippen LogP contribution in [0.3, 0.4) is 0 Å². The number of carbonyl (C=O) groups is 2. The van der Waals surface area contributed by atoms with Crippen LogP contribution in [-0.4, -0.2) is 42.9 Å². The zero-order chi connectivity index (χ0) is 15.8. The van der Waals surface area contributed by atoms with Gasteiger partial charge in [-0.1, -0.05) is 31.0 Å². The highest BCUT2D eigenvalue weighted by molar-refractivity contribution is 5.95. The predicted octanol–water partition coefficient (Wildman–Crippen LogP) is 1.77. The minimum absolute atomic E-state index is 0.0364. The SMILES string of the molecule is NC(=O)CCN(C(=O)CN1CCCCCC1)c1ccccc1. The lowest BCUT2D eigenvalue weighted by Gasteiger charge is -2.26. The molecule has 1 fully saturated rings. The summed E-state index contributed by atoms with van der Waals surface area (Å²) in [5, 5.41) is 0. The number of hydrogen-bond donors (Lipinski definition) is 1. The maximum absolute atomic E-state index is 12.7. The summed E-state index contributed by atoms with van der Waals surface area (Å²) < 4.78 is 0. The standard InChI is InChI=1S/C17H25N3O2/c18-16(21)10-13-20(15-8-4-3-5-9-15)17(22)14-19-11-6-1-2-7-12-19/h3-5,8-9H,1-2,6-7,10-14H2,(H2,18,21). The van der Waals surface area contributed by atoms with E-state index in [1.807, 2.05) is 30.3 Å². The van der Waals surface area contributed by atoms with E-state index in [1.165, 1.54) is 12.8 Å². The molecule has 5 nitrogen and oxygen atoms in total. The third-order valence-electron chi connectivity index (χ3n) is 4.01. The molecule has 1 aliphatic heterocycles. The van der Waals surface area contributed by atoms with Crippen molar-refractivity contribution >= 4 is 17.5 Å². The van der Waals surface area contributed by atoms with Gasteiger partial charge in [0.25, 0.3) is 0 Å². The number of anilines is 1. The second-order valence-electron chi connectivity index (χ2n) is 5.79. The molecule has 0 aromatic heterocycles. The van der Waals surface area contributed by atoms with Gasteiger partial charge in [0, 0.05) is 18.7 Å². The van der Waals surface area contributed by atoms with Crippen LogP contribution >= 0.6 is 0 Å². The molecule has 22 heavy (non-hydrogen) atoms. The molecule has 1 aromatic carbocycles. The van der Waals surface area contributed by atoms with E-state index >= 15 is 0 Å². The molecule has 0 saturated carbocycles. The smallest absolute Gasteiger partial charge is 0.241 e. The summed E-state index contributed by atoms with van der Waals surface area (Å²) in [4.78, 5) is 27.6. The zero-order valence-corrected chi connectivity index (χ0v) is 13.0. The van der Waals surface area contributed by atoms with E-state index < -0.39 is 0 Å². The van der Waals surface area contributed by atoms with Crippen LogP contribution in [-0.2, 0) is 9.59 Å². The molecule has 0 aliphatic carbocycles. The van der Waals surface area contributed by atoms with E-state index in [-0.39, 0.29) is 18.2 Å². The van der Waals surface area contributed by atoms with Crippen molar-refractivity contribution in [3.05, 3.63) is 30.3 Å². The predicted molar refractivity (Wildman–Crippen MR) is 87.5 cm³/mol. The Morgan fingerprint density at radius 3 is 2.27 bits per heavy atom. The van der Waals surface area contributed by atoms with E-state index in [9.17, 15) is 9.59 Å². The summed E-state index contributed by atoms with van der Waals surface area (Å²) in [6, 6.07) is 9.48. The Balaban J connectivity index is 2.03. The van der Waals surface area contributed by atoms with Crippen LogP contribution in [0.15, 0.2) is 30.3 Å². The first-order chi connectivity index (χ1) is 10.7. The molecule has 2 rings (SSSR count). The molecule has 120 valence electrons. The maximum atomic E-state index is 12.7. The average molecular weight is 303 g/mol. The quantitative estimate of drug-likeness (QED) is 0.871. The number of primary amides is 1. The topological polar surface area (TPSA) is 66.6 Å². The van der Waals surface area contributed by atoms with Gasteiger partial charge in [0.05, 0.1) is 6.54 Å². The lowest BCUT2D eigenvalue weighted by molar-refractivity contribution is -0.120. The second-order valence-corrected chi connectivity index (χ2v) is 5.79. The van der Waals surface area contributed by atoms with Gasteiger partial charge in [-0.2, -0.15) is 0 Å². The molecule has 1 aliphatic rings. The van der Waals surface area contributed by atoms with Crippen molar-refractivity contribution in [2.45, 2.75) is 32.1 Å². The van der Waals surface area contributed by atoms with Crippen LogP contribution in [0.4, 0.5) is 5.69 Å². The Morgan fingerprint density at radius 1 is 1.05 bits per heavy atom. The molecule has 0 bridgehead atoms. The normalized spacial score (nSPS) is 16.0. The summed E-state index contributed by atoms with van der Waals surface area (Å²) in [6.07, 6.45) is 4.98. The first-order valence-corrected chi connectivity index (χ1v) is 8.03. The number of amides is 2. The van der Waals surface area contributed by atoms with Crippen molar-refractivity contribution in [1.82, 2.24) is 4.90 Å². The van der Waals surface area contributed by atoms with Crippen molar-refractivity contribution in [1.29, 1.82) is 0 Å². The number of carbonyl (C=O) groups excluding carboxylic acids is 2. The first-order valence-electron chi connectivity index (χ1n) is 8.03.